The molecule has 0 fully saturated rings. The van der Waals surface area contributed by atoms with E-state index in [2.05, 4.69) is 29.2 Å². The van der Waals surface area contributed by atoms with Gasteiger partial charge in [-0.05, 0) is 42.0 Å². The molecule has 3 aromatic rings. The number of rotatable bonds is 3. The van der Waals surface area contributed by atoms with E-state index in [0.29, 0.717) is 12.1 Å². The van der Waals surface area contributed by atoms with Crippen LogP contribution in [0.5, 0.6) is 5.88 Å². The van der Waals surface area contributed by atoms with Crippen LogP contribution in [0.4, 0.5) is 11.4 Å². The van der Waals surface area contributed by atoms with Crippen molar-refractivity contribution in [1.82, 2.24) is 9.13 Å². The SMILES string of the molecule is CN(C)c1ccc(C2CC(c3c(O)n(C)c(=S)n(C)c3=O)=Nc3ccccc3S2)cc1. The molecule has 6 nitrogen and oxygen atoms in total. The summed E-state index contributed by atoms with van der Waals surface area (Å²) in [6.45, 7) is 0. The Kier molecular flexibility index (Phi) is 5.77. The highest BCUT2D eigenvalue weighted by Crippen LogP contribution is 2.45. The summed E-state index contributed by atoms with van der Waals surface area (Å²) in [6.07, 6.45) is 0.500. The molecule has 4 rings (SSSR count). The number of aromatic hydroxyl groups is 1. The minimum Gasteiger partial charge on any atom is -0.494 e. The molecule has 2 heterocycles. The lowest BCUT2D eigenvalue weighted by Gasteiger charge is -2.19. The molecule has 160 valence electrons. The number of aliphatic imine (C=N–C) groups is 1. The molecule has 31 heavy (non-hydrogen) atoms. The number of anilines is 1. The Labute approximate surface area is 190 Å². The van der Waals surface area contributed by atoms with Crippen molar-refractivity contribution in [2.24, 2.45) is 19.1 Å². The Morgan fingerprint density at radius 1 is 1.10 bits per heavy atom. The quantitative estimate of drug-likeness (QED) is 0.589. The van der Waals surface area contributed by atoms with Gasteiger partial charge in [0.05, 0.1) is 11.4 Å². The molecule has 0 saturated heterocycles. The molecule has 0 saturated carbocycles. The Balaban J connectivity index is 1.88. The van der Waals surface area contributed by atoms with Crippen molar-refractivity contribution in [3.8, 4) is 5.88 Å². The fourth-order valence-corrected chi connectivity index (χ4v) is 5.03. The first-order valence-corrected chi connectivity index (χ1v) is 11.2. The highest BCUT2D eigenvalue weighted by atomic mass is 32.2. The lowest BCUT2D eigenvalue weighted by molar-refractivity contribution is 0.414. The van der Waals surface area contributed by atoms with E-state index in [0.717, 1.165) is 21.8 Å². The van der Waals surface area contributed by atoms with E-state index >= 15 is 0 Å². The molecular weight excluding hydrogens is 428 g/mol. The number of aromatic nitrogens is 2. The maximum atomic E-state index is 13.1. The van der Waals surface area contributed by atoms with Crippen LogP contribution in [-0.2, 0) is 14.1 Å². The van der Waals surface area contributed by atoms with Gasteiger partial charge < -0.3 is 10.0 Å². The van der Waals surface area contributed by atoms with Gasteiger partial charge in [-0.3, -0.25) is 18.9 Å². The normalized spacial score (nSPS) is 15.7. The summed E-state index contributed by atoms with van der Waals surface area (Å²) in [4.78, 5) is 21.0. The van der Waals surface area contributed by atoms with E-state index in [9.17, 15) is 9.90 Å². The fraction of sp³-hybridized carbons (Fsp3) is 0.261. The molecule has 1 aliphatic rings. The number of hydrogen-bond donors (Lipinski definition) is 1. The molecule has 0 bridgehead atoms. The molecule has 2 aromatic carbocycles. The molecule has 0 amide bonds. The maximum Gasteiger partial charge on any atom is 0.267 e. The molecule has 1 N–H and O–H groups in total. The number of thioether (sulfide) groups is 1. The van der Waals surface area contributed by atoms with Crippen molar-refractivity contribution in [1.29, 1.82) is 0 Å². The van der Waals surface area contributed by atoms with E-state index in [4.69, 9.17) is 17.2 Å². The monoisotopic (exact) mass is 452 g/mol. The van der Waals surface area contributed by atoms with Crippen LogP contribution < -0.4 is 10.5 Å². The van der Waals surface area contributed by atoms with Gasteiger partial charge in [0, 0.05) is 50.4 Å². The maximum absolute atomic E-state index is 13.1. The van der Waals surface area contributed by atoms with Crippen LogP contribution in [-0.4, -0.2) is 34.0 Å². The lowest BCUT2D eigenvalue weighted by Crippen LogP contribution is -2.29. The standard InChI is InChI=1S/C23H24N4O2S2/c1-25(2)15-11-9-14(10-12-15)19-13-17(24-16-7-5-6-8-18(16)31-19)20-21(28)26(3)23(30)27(4)22(20)29/h5-12,19,28H,13H2,1-4H3. The predicted molar refractivity (Wildman–Crippen MR) is 130 cm³/mol. The summed E-state index contributed by atoms with van der Waals surface area (Å²) in [5.74, 6) is -0.155. The molecule has 1 atom stereocenters. The predicted octanol–water partition coefficient (Wildman–Crippen LogP) is 4.58. The van der Waals surface area contributed by atoms with Crippen LogP contribution in [0, 0.1) is 4.77 Å². The van der Waals surface area contributed by atoms with E-state index in [1.165, 1.54) is 9.13 Å². The second kappa shape index (κ2) is 8.36. The van der Waals surface area contributed by atoms with Gasteiger partial charge in [-0.15, -0.1) is 11.8 Å². The zero-order chi connectivity index (χ0) is 22.3. The highest BCUT2D eigenvalue weighted by molar-refractivity contribution is 7.99. The molecule has 0 aliphatic carbocycles. The fourth-order valence-electron chi connectivity index (χ4n) is 3.63. The van der Waals surface area contributed by atoms with Gasteiger partial charge in [-0.25, -0.2) is 0 Å². The highest BCUT2D eigenvalue weighted by Gasteiger charge is 2.27. The Hall–Kier alpha value is -2.84. The second-order valence-electron chi connectivity index (χ2n) is 7.73. The first kappa shape index (κ1) is 21.4. The smallest absolute Gasteiger partial charge is 0.267 e. The molecule has 1 aliphatic heterocycles. The van der Waals surface area contributed by atoms with E-state index in [-0.39, 0.29) is 27.0 Å². The first-order valence-electron chi connectivity index (χ1n) is 9.87. The van der Waals surface area contributed by atoms with Crippen LogP contribution in [0.3, 0.4) is 0 Å². The van der Waals surface area contributed by atoms with E-state index in [1.807, 2.05) is 38.4 Å². The summed E-state index contributed by atoms with van der Waals surface area (Å²) < 4.78 is 3.07. The Morgan fingerprint density at radius 2 is 1.77 bits per heavy atom. The number of para-hydroxylation sites is 1. The number of fused-ring (bicyclic) bond motifs is 1. The summed E-state index contributed by atoms with van der Waals surface area (Å²) in [5.41, 5.74) is 3.47. The third-order valence-electron chi connectivity index (χ3n) is 5.47. The average molecular weight is 453 g/mol. The molecule has 1 aromatic heterocycles. The van der Waals surface area contributed by atoms with Gasteiger partial charge in [-0.2, -0.15) is 0 Å². The number of benzene rings is 2. The minimum absolute atomic E-state index is 0.0382. The molecular formula is C23H24N4O2S2. The van der Waals surface area contributed by atoms with Crippen LogP contribution >= 0.6 is 24.0 Å². The van der Waals surface area contributed by atoms with Crippen molar-refractivity contribution < 1.29 is 5.11 Å². The van der Waals surface area contributed by atoms with Crippen LogP contribution in [0.15, 0.2) is 63.2 Å². The third-order valence-corrected chi connectivity index (χ3v) is 7.34. The summed E-state index contributed by atoms with van der Waals surface area (Å²) in [5, 5.41) is 10.9. The Bertz CT molecular complexity index is 1290. The van der Waals surface area contributed by atoms with Crippen molar-refractivity contribution >= 4 is 41.1 Å². The Morgan fingerprint density at radius 3 is 2.45 bits per heavy atom. The summed E-state index contributed by atoms with van der Waals surface area (Å²) >= 11 is 6.99. The first-order chi connectivity index (χ1) is 14.8. The van der Waals surface area contributed by atoms with Gasteiger partial charge in [0.15, 0.2) is 4.77 Å². The third kappa shape index (κ3) is 3.93. The zero-order valence-corrected chi connectivity index (χ0v) is 19.5. The molecule has 0 spiro atoms. The van der Waals surface area contributed by atoms with E-state index in [1.54, 1.807) is 25.9 Å². The second-order valence-corrected chi connectivity index (χ2v) is 9.34. The van der Waals surface area contributed by atoms with Gasteiger partial charge in [-0.1, -0.05) is 24.3 Å². The molecule has 8 heteroatoms. The summed E-state index contributed by atoms with van der Waals surface area (Å²) in [6, 6.07) is 16.3. The van der Waals surface area contributed by atoms with Gasteiger partial charge >= 0.3 is 0 Å². The largest absolute Gasteiger partial charge is 0.494 e. The summed E-state index contributed by atoms with van der Waals surface area (Å²) in [7, 11) is 7.29. The van der Waals surface area contributed by atoms with Crippen molar-refractivity contribution in [3.05, 3.63) is 74.8 Å². The van der Waals surface area contributed by atoms with Crippen molar-refractivity contribution in [2.75, 3.05) is 19.0 Å². The number of hydrogen-bond acceptors (Lipinski definition) is 6. The van der Waals surface area contributed by atoms with Crippen LogP contribution in [0.25, 0.3) is 0 Å². The molecule has 1 unspecified atom stereocenters. The number of nitrogens with zero attached hydrogens (tertiary/aromatic N) is 4. The van der Waals surface area contributed by atoms with Gasteiger partial charge in [0.1, 0.15) is 5.56 Å². The minimum atomic E-state index is -0.342. The van der Waals surface area contributed by atoms with Crippen LogP contribution in [0.2, 0.25) is 0 Å². The average Bonchev–Trinajstić information content (AvgIpc) is 2.96. The zero-order valence-electron chi connectivity index (χ0n) is 17.9. The topological polar surface area (TPSA) is 62.8 Å². The van der Waals surface area contributed by atoms with E-state index < -0.39 is 0 Å². The van der Waals surface area contributed by atoms with Crippen molar-refractivity contribution in [2.45, 2.75) is 16.6 Å². The van der Waals surface area contributed by atoms with Crippen molar-refractivity contribution in [3.63, 3.8) is 0 Å². The van der Waals surface area contributed by atoms with Crippen LogP contribution in [0.1, 0.15) is 22.8 Å². The van der Waals surface area contributed by atoms with Gasteiger partial charge in [0.25, 0.3) is 5.56 Å². The van der Waals surface area contributed by atoms with Gasteiger partial charge in [0.2, 0.25) is 5.88 Å². The molecule has 0 radical (unpaired) electrons. The lowest BCUT2D eigenvalue weighted by atomic mass is 10.0.